The number of nitrogens with zero attached hydrogens (tertiary/aromatic N) is 2. The molecule has 1 aliphatic heterocycles. The van der Waals surface area contributed by atoms with E-state index in [1.165, 1.54) is 4.31 Å². The third kappa shape index (κ3) is 5.52. The number of likely N-dealkylation sites (tertiary alicyclic amines) is 1. The summed E-state index contributed by atoms with van der Waals surface area (Å²) in [6, 6.07) is 26.8. The fraction of sp³-hybridized carbons (Fsp3) is 0.296. The van der Waals surface area contributed by atoms with Crippen LogP contribution in [0.3, 0.4) is 0 Å². The molecule has 1 amide bonds. The molecule has 0 aromatic heterocycles. The van der Waals surface area contributed by atoms with Crippen molar-refractivity contribution in [3.63, 3.8) is 0 Å². The smallest absolute Gasteiger partial charge is 0.254 e. The molecule has 1 aliphatic rings. The van der Waals surface area contributed by atoms with Gasteiger partial charge < -0.3 is 4.90 Å². The lowest BCUT2D eigenvalue weighted by Gasteiger charge is -2.27. The molecular formula is C27H30N2O3S. The Balaban J connectivity index is 1.46. The van der Waals surface area contributed by atoms with E-state index in [0.717, 1.165) is 29.5 Å². The van der Waals surface area contributed by atoms with E-state index in [0.29, 0.717) is 25.1 Å². The summed E-state index contributed by atoms with van der Waals surface area (Å²) in [5.74, 6) is -0.00148. The molecule has 1 unspecified atom stereocenters. The monoisotopic (exact) mass is 462 g/mol. The van der Waals surface area contributed by atoms with E-state index in [1.54, 1.807) is 7.05 Å². The summed E-state index contributed by atoms with van der Waals surface area (Å²) in [6.45, 7) is 1.17. The molecule has 6 heteroatoms. The van der Waals surface area contributed by atoms with Crippen molar-refractivity contribution in [1.29, 1.82) is 0 Å². The van der Waals surface area contributed by atoms with Gasteiger partial charge in [-0.2, -0.15) is 0 Å². The number of benzene rings is 3. The van der Waals surface area contributed by atoms with Crippen LogP contribution in [0.25, 0.3) is 11.1 Å². The molecule has 1 saturated heterocycles. The van der Waals surface area contributed by atoms with Crippen molar-refractivity contribution in [2.24, 2.45) is 0 Å². The van der Waals surface area contributed by atoms with Crippen LogP contribution < -0.4 is 0 Å². The molecule has 0 radical (unpaired) electrons. The molecule has 0 N–H and O–H groups in total. The SMILES string of the molecule is CN(C1CCCN(C(=O)c2ccccc2-c2ccccc2)CC1)S(=O)(=O)Cc1ccccc1. The maximum Gasteiger partial charge on any atom is 0.254 e. The van der Waals surface area contributed by atoms with Crippen molar-refractivity contribution < 1.29 is 13.2 Å². The summed E-state index contributed by atoms with van der Waals surface area (Å²) in [7, 11) is -1.76. The number of amides is 1. The Kier molecular flexibility index (Phi) is 7.26. The summed E-state index contributed by atoms with van der Waals surface area (Å²) in [4.78, 5) is 15.3. The molecule has 0 saturated carbocycles. The van der Waals surface area contributed by atoms with Crippen LogP contribution in [0.2, 0.25) is 0 Å². The lowest BCUT2D eigenvalue weighted by molar-refractivity contribution is 0.0760. The minimum Gasteiger partial charge on any atom is -0.339 e. The maximum absolute atomic E-state index is 13.5. The van der Waals surface area contributed by atoms with Gasteiger partial charge >= 0.3 is 0 Å². The normalized spacial score (nSPS) is 17.0. The van der Waals surface area contributed by atoms with Crippen molar-refractivity contribution >= 4 is 15.9 Å². The zero-order chi connectivity index (χ0) is 23.3. The number of carbonyl (C=O) groups is 1. The zero-order valence-electron chi connectivity index (χ0n) is 18.9. The highest BCUT2D eigenvalue weighted by Crippen LogP contribution is 2.26. The van der Waals surface area contributed by atoms with Gasteiger partial charge in [-0.15, -0.1) is 0 Å². The quantitative estimate of drug-likeness (QED) is 0.528. The lowest BCUT2D eigenvalue weighted by atomic mass is 9.99. The molecule has 33 heavy (non-hydrogen) atoms. The summed E-state index contributed by atoms with van der Waals surface area (Å²) in [5.41, 5.74) is 3.41. The highest BCUT2D eigenvalue weighted by Gasteiger charge is 2.30. The predicted octanol–water partition coefficient (Wildman–Crippen LogP) is 4.81. The highest BCUT2D eigenvalue weighted by atomic mass is 32.2. The average Bonchev–Trinajstić information content (AvgIpc) is 3.10. The van der Waals surface area contributed by atoms with E-state index in [4.69, 9.17) is 0 Å². The van der Waals surface area contributed by atoms with Gasteiger partial charge in [0.1, 0.15) is 0 Å². The number of sulfonamides is 1. The van der Waals surface area contributed by atoms with Crippen LogP contribution in [0.1, 0.15) is 35.2 Å². The van der Waals surface area contributed by atoms with Gasteiger partial charge in [-0.05, 0) is 42.0 Å². The zero-order valence-corrected chi connectivity index (χ0v) is 19.7. The number of carbonyl (C=O) groups excluding carboxylic acids is 1. The van der Waals surface area contributed by atoms with Gasteiger partial charge in [-0.25, -0.2) is 12.7 Å². The van der Waals surface area contributed by atoms with Crippen LogP contribution in [0.15, 0.2) is 84.9 Å². The Bertz CT molecular complexity index is 1180. The van der Waals surface area contributed by atoms with E-state index >= 15 is 0 Å². The summed E-state index contributed by atoms with van der Waals surface area (Å²) < 4.78 is 27.5. The Morgan fingerprint density at radius 1 is 0.879 bits per heavy atom. The lowest BCUT2D eigenvalue weighted by Crippen LogP contribution is -2.39. The Hall–Kier alpha value is -2.96. The number of hydrogen-bond donors (Lipinski definition) is 0. The molecule has 3 aromatic carbocycles. The van der Waals surface area contributed by atoms with Crippen molar-refractivity contribution in [2.45, 2.75) is 31.1 Å². The molecule has 0 aliphatic carbocycles. The predicted molar refractivity (Wildman–Crippen MR) is 132 cm³/mol. The van der Waals surface area contributed by atoms with Gasteiger partial charge in [0.2, 0.25) is 10.0 Å². The van der Waals surface area contributed by atoms with Crippen LogP contribution >= 0.6 is 0 Å². The van der Waals surface area contributed by atoms with Gasteiger partial charge in [0, 0.05) is 31.7 Å². The van der Waals surface area contributed by atoms with E-state index in [9.17, 15) is 13.2 Å². The fourth-order valence-corrected chi connectivity index (χ4v) is 5.95. The fourth-order valence-electron chi connectivity index (χ4n) is 4.47. The topological polar surface area (TPSA) is 57.7 Å². The minimum absolute atomic E-state index is 0.00454. The summed E-state index contributed by atoms with van der Waals surface area (Å²) in [6.07, 6.45) is 2.15. The molecule has 5 nitrogen and oxygen atoms in total. The first kappa shape index (κ1) is 23.2. The summed E-state index contributed by atoms with van der Waals surface area (Å²) in [5, 5.41) is 0. The second-order valence-electron chi connectivity index (χ2n) is 8.55. The van der Waals surface area contributed by atoms with Crippen molar-refractivity contribution in [1.82, 2.24) is 9.21 Å². The Morgan fingerprint density at radius 2 is 1.52 bits per heavy atom. The molecule has 3 aromatic rings. The molecule has 1 heterocycles. The van der Waals surface area contributed by atoms with Gasteiger partial charge in [0.15, 0.2) is 0 Å². The Morgan fingerprint density at radius 3 is 2.24 bits per heavy atom. The van der Waals surface area contributed by atoms with Gasteiger partial charge in [-0.3, -0.25) is 4.79 Å². The van der Waals surface area contributed by atoms with E-state index in [-0.39, 0.29) is 17.7 Å². The van der Waals surface area contributed by atoms with Crippen LogP contribution in [0, 0.1) is 0 Å². The summed E-state index contributed by atoms with van der Waals surface area (Å²) >= 11 is 0. The molecule has 172 valence electrons. The molecule has 0 bridgehead atoms. The second-order valence-corrected chi connectivity index (χ2v) is 10.6. The maximum atomic E-state index is 13.5. The van der Waals surface area contributed by atoms with E-state index in [2.05, 4.69) is 0 Å². The number of hydrogen-bond acceptors (Lipinski definition) is 3. The van der Waals surface area contributed by atoms with Crippen LogP contribution in [0.5, 0.6) is 0 Å². The van der Waals surface area contributed by atoms with Gasteiger partial charge in [0.05, 0.1) is 5.75 Å². The van der Waals surface area contributed by atoms with Crippen LogP contribution in [-0.4, -0.2) is 49.7 Å². The molecule has 1 atom stereocenters. The minimum atomic E-state index is -3.43. The Labute approximate surface area is 196 Å². The second kappa shape index (κ2) is 10.3. The number of rotatable bonds is 6. The average molecular weight is 463 g/mol. The van der Waals surface area contributed by atoms with Gasteiger partial charge in [0.25, 0.3) is 5.91 Å². The molecular weight excluding hydrogens is 432 g/mol. The van der Waals surface area contributed by atoms with Crippen molar-refractivity contribution in [3.8, 4) is 11.1 Å². The standard InChI is InChI=1S/C27H30N2O3S/c1-28(33(31,32)21-22-11-4-2-5-12-22)24-15-10-19-29(20-18-24)27(30)26-17-9-8-16-25(26)23-13-6-3-7-14-23/h2-9,11-14,16-17,24H,10,15,18-21H2,1H3. The highest BCUT2D eigenvalue weighted by molar-refractivity contribution is 7.88. The third-order valence-electron chi connectivity index (χ3n) is 6.37. The van der Waals surface area contributed by atoms with Gasteiger partial charge in [-0.1, -0.05) is 78.9 Å². The molecule has 4 rings (SSSR count). The van der Waals surface area contributed by atoms with E-state index in [1.807, 2.05) is 89.8 Å². The first-order valence-corrected chi connectivity index (χ1v) is 13.0. The van der Waals surface area contributed by atoms with Crippen molar-refractivity contribution in [3.05, 3.63) is 96.1 Å². The van der Waals surface area contributed by atoms with Crippen LogP contribution in [0.4, 0.5) is 0 Å². The molecule has 1 fully saturated rings. The first-order chi connectivity index (χ1) is 16.0. The third-order valence-corrected chi connectivity index (χ3v) is 8.25. The van der Waals surface area contributed by atoms with E-state index < -0.39 is 10.0 Å². The van der Waals surface area contributed by atoms with Crippen molar-refractivity contribution in [2.75, 3.05) is 20.1 Å². The molecule has 0 spiro atoms. The first-order valence-electron chi connectivity index (χ1n) is 11.4. The largest absolute Gasteiger partial charge is 0.339 e. The van der Waals surface area contributed by atoms with Crippen LogP contribution in [-0.2, 0) is 15.8 Å².